The zero-order valence-corrected chi connectivity index (χ0v) is 37.4. The number of rotatable bonds is 8. The molecule has 68 heavy (non-hydrogen) atoms. The van der Waals surface area contributed by atoms with Crippen LogP contribution in [-0.4, -0.2) is 0 Å². The molecule has 0 amide bonds. The van der Waals surface area contributed by atoms with Crippen molar-refractivity contribution in [1.82, 2.24) is 0 Å². The minimum absolute atomic E-state index is 0.519. The van der Waals surface area contributed by atoms with Crippen LogP contribution in [0.15, 0.2) is 273 Å². The highest BCUT2D eigenvalue weighted by atomic mass is 15.1. The van der Waals surface area contributed by atoms with Crippen molar-refractivity contribution >= 4 is 49.4 Å². The number of nitrogens with zero attached hydrogens (tertiary/aromatic N) is 1. The molecule has 1 nitrogen and oxygen atoms in total. The molecule has 0 aromatic heterocycles. The SMILES string of the molecule is c1ccc(C2(c3ccccc3)c3ccccc3-c3c(N(c4ccc(-c5ccccc5-c5cc6ccccc6c6ccccc56)cc4)c4ccc(-c5cccc6ccccc56)cc4)cccc32)cc1. The van der Waals surface area contributed by atoms with Gasteiger partial charge in [-0.05, 0) is 130 Å². The Bertz CT molecular complexity index is 3790. The molecule has 1 aliphatic rings. The summed E-state index contributed by atoms with van der Waals surface area (Å²) in [7, 11) is 0. The van der Waals surface area contributed by atoms with Crippen molar-refractivity contribution < 1.29 is 0 Å². The smallest absolute Gasteiger partial charge is 0.0714 e. The molecule has 12 aromatic carbocycles. The lowest BCUT2D eigenvalue weighted by molar-refractivity contribution is 0.768. The van der Waals surface area contributed by atoms with Crippen molar-refractivity contribution in [1.29, 1.82) is 0 Å². The molecular formula is C67H45N. The Hall–Kier alpha value is -8.78. The van der Waals surface area contributed by atoms with Crippen molar-refractivity contribution in [3.63, 3.8) is 0 Å². The lowest BCUT2D eigenvalue weighted by Gasteiger charge is -2.34. The van der Waals surface area contributed by atoms with Crippen LogP contribution in [0.1, 0.15) is 22.3 Å². The molecule has 0 unspecified atom stereocenters. The van der Waals surface area contributed by atoms with Crippen molar-refractivity contribution in [3.05, 3.63) is 295 Å². The van der Waals surface area contributed by atoms with E-state index in [4.69, 9.17) is 0 Å². The van der Waals surface area contributed by atoms with Crippen LogP contribution >= 0.6 is 0 Å². The summed E-state index contributed by atoms with van der Waals surface area (Å²) in [5, 5.41) is 7.54. The topological polar surface area (TPSA) is 3.24 Å². The zero-order valence-electron chi connectivity index (χ0n) is 37.4. The second-order valence-electron chi connectivity index (χ2n) is 17.9. The molecule has 1 heteroatoms. The highest BCUT2D eigenvalue weighted by Gasteiger charge is 2.47. The van der Waals surface area contributed by atoms with Gasteiger partial charge in [-0.2, -0.15) is 0 Å². The standard InChI is InChI=1S/C67H45N/c1-3-22-50(23-4-1)67(51-24-5-2-6-25-51)63-34-16-15-32-61(63)66-64(67)35-18-36-65(66)68(52-41-37-47(38-42-52)55-33-17-21-46-19-7-9-26-54(46)55)53-43-39-48(40-44-53)56-27-11-12-30-59(56)62-45-49-20-8-10-28-57(49)58-29-13-14-31-60(58)62/h1-45H. The summed E-state index contributed by atoms with van der Waals surface area (Å²) in [5.41, 5.74) is 17.6. The highest BCUT2D eigenvalue weighted by Crippen LogP contribution is 2.59. The monoisotopic (exact) mass is 863 g/mol. The van der Waals surface area contributed by atoms with Crippen LogP contribution in [0.5, 0.6) is 0 Å². The molecule has 0 saturated heterocycles. The van der Waals surface area contributed by atoms with Gasteiger partial charge in [0.05, 0.1) is 11.1 Å². The average Bonchev–Trinajstić information content (AvgIpc) is 3.73. The summed E-state index contributed by atoms with van der Waals surface area (Å²) in [5.74, 6) is 0. The normalized spacial score (nSPS) is 12.5. The third kappa shape index (κ3) is 6.24. The largest absolute Gasteiger partial charge is 0.310 e. The second kappa shape index (κ2) is 16.3. The van der Waals surface area contributed by atoms with Crippen LogP contribution in [0.3, 0.4) is 0 Å². The number of hydrogen-bond acceptors (Lipinski definition) is 1. The van der Waals surface area contributed by atoms with Crippen LogP contribution in [0.2, 0.25) is 0 Å². The van der Waals surface area contributed by atoms with Gasteiger partial charge in [-0.15, -0.1) is 0 Å². The van der Waals surface area contributed by atoms with Crippen LogP contribution < -0.4 is 4.90 Å². The van der Waals surface area contributed by atoms with Crippen molar-refractivity contribution in [2.45, 2.75) is 5.41 Å². The van der Waals surface area contributed by atoms with E-state index in [9.17, 15) is 0 Å². The maximum atomic E-state index is 2.47. The Labute approximate surface area is 397 Å². The Morgan fingerprint density at radius 2 is 0.735 bits per heavy atom. The lowest BCUT2D eigenvalue weighted by Crippen LogP contribution is -2.28. The van der Waals surface area contributed by atoms with Crippen molar-refractivity contribution in [2.24, 2.45) is 0 Å². The second-order valence-corrected chi connectivity index (χ2v) is 17.9. The van der Waals surface area contributed by atoms with E-state index in [-0.39, 0.29) is 0 Å². The molecule has 13 rings (SSSR count). The Morgan fingerprint density at radius 1 is 0.265 bits per heavy atom. The Morgan fingerprint density at radius 3 is 1.43 bits per heavy atom. The van der Waals surface area contributed by atoms with E-state index in [1.807, 2.05) is 0 Å². The number of benzene rings is 12. The van der Waals surface area contributed by atoms with Crippen molar-refractivity contribution in [2.75, 3.05) is 4.90 Å². The molecule has 0 atom stereocenters. The van der Waals surface area contributed by atoms with Gasteiger partial charge >= 0.3 is 0 Å². The molecule has 12 aromatic rings. The molecule has 0 bridgehead atoms. The number of fused-ring (bicyclic) bond motifs is 7. The quantitative estimate of drug-likeness (QED) is 0.138. The molecule has 0 fully saturated rings. The number of anilines is 3. The van der Waals surface area contributed by atoms with E-state index in [2.05, 4.69) is 278 Å². The molecule has 0 spiro atoms. The van der Waals surface area contributed by atoms with Crippen LogP contribution in [0.4, 0.5) is 17.1 Å². The zero-order chi connectivity index (χ0) is 45.0. The summed E-state index contributed by atoms with van der Waals surface area (Å²) in [6.45, 7) is 0. The summed E-state index contributed by atoms with van der Waals surface area (Å²) >= 11 is 0. The lowest BCUT2D eigenvalue weighted by atomic mass is 9.68. The van der Waals surface area contributed by atoms with Gasteiger partial charge in [0, 0.05) is 16.9 Å². The molecule has 0 heterocycles. The van der Waals surface area contributed by atoms with E-state index < -0.39 is 5.41 Å². The molecule has 0 radical (unpaired) electrons. The maximum Gasteiger partial charge on any atom is 0.0714 e. The van der Waals surface area contributed by atoms with Gasteiger partial charge in [0.1, 0.15) is 0 Å². The summed E-state index contributed by atoms with van der Waals surface area (Å²) < 4.78 is 0. The van der Waals surface area contributed by atoms with Gasteiger partial charge in [0.2, 0.25) is 0 Å². The van der Waals surface area contributed by atoms with E-state index >= 15 is 0 Å². The van der Waals surface area contributed by atoms with Crippen LogP contribution in [0.25, 0.3) is 76.8 Å². The maximum absolute atomic E-state index is 2.47. The predicted octanol–water partition coefficient (Wildman–Crippen LogP) is 18.0. The van der Waals surface area contributed by atoms with Gasteiger partial charge in [-0.1, -0.05) is 237 Å². The third-order valence-electron chi connectivity index (χ3n) is 14.3. The van der Waals surface area contributed by atoms with Crippen LogP contribution in [0, 0.1) is 0 Å². The molecule has 318 valence electrons. The first kappa shape index (κ1) is 39.6. The first-order chi connectivity index (χ1) is 33.8. The summed E-state index contributed by atoms with van der Waals surface area (Å²) in [6, 6.07) is 101. The van der Waals surface area contributed by atoms with Gasteiger partial charge in [0.15, 0.2) is 0 Å². The summed E-state index contributed by atoms with van der Waals surface area (Å²) in [4.78, 5) is 2.47. The van der Waals surface area contributed by atoms with Gasteiger partial charge < -0.3 is 4.90 Å². The predicted molar refractivity (Wildman–Crippen MR) is 287 cm³/mol. The molecule has 1 aliphatic carbocycles. The first-order valence-electron chi connectivity index (χ1n) is 23.6. The van der Waals surface area contributed by atoms with Crippen LogP contribution in [-0.2, 0) is 5.41 Å². The fraction of sp³-hybridized carbons (Fsp3) is 0.0149. The third-order valence-corrected chi connectivity index (χ3v) is 14.3. The Kier molecular flexibility index (Phi) is 9.47. The molecule has 0 saturated carbocycles. The fourth-order valence-electron chi connectivity index (χ4n) is 11.4. The van der Waals surface area contributed by atoms with Gasteiger partial charge in [-0.3, -0.25) is 0 Å². The first-order valence-corrected chi connectivity index (χ1v) is 23.6. The Balaban J connectivity index is 1.01. The van der Waals surface area contributed by atoms with E-state index in [0.29, 0.717) is 0 Å². The minimum Gasteiger partial charge on any atom is -0.310 e. The van der Waals surface area contributed by atoms with E-state index in [1.165, 1.54) is 99.1 Å². The number of hydrogen-bond donors (Lipinski definition) is 0. The van der Waals surface area contributed by atoms with Crippen molar-refractivity contribution in [3.8, 4) is 44.5 Å². The fourth-order valence-corrected chi connectivity index (χ4v) is 11.4. The highest BCUT2D eigenvalue weighted by molar-refractivity contribution is 6.15. The molecule has 0 N–H and O–H groups in total. The minimum atomic E-state index is -0.519. The average molecular weight is 864 g/mol. The molecule has 0 aliphatic heterocycles. The van der Waals surface area contributed by atoms with E-state index in [0.717, 1.165) is 17.1 Å². The summed E-state index contributed by atoms with van der Waals surface area (Å²) in [6.07, 6.45) is 0. The van der Waals surface area contributed by atoms with Gasteiger partial charge in [0.25, 0.3) is 0 Å². The molecular weight excluding hydrogens is 819 g/mol. The van der Waals surface area contributed by atoms with E-state index in [1.54, 1.807) is 0 Å². The van der Waals surface area contributed by atoms with Gasteiger partial charge in [-0.25, -0.2) is 0 Å².